The van der Waals surface area contributed by atoms with Crippen molar-refractivity contribution in [3.8, 4) is 0 Å². The summed E-state index contributed by atoms with van der Waals surface area (Å²) in [5, 5.41) is 5.29. The van der Waals surface area contributed by atoms with Crippen molar-refractivity contribution in [2.24, 2.45) is 0 Å². The molecule has 1 atom stereocenters. The fourth-order valence-corrected chi connectivity index (χ4v) is 4.34. The van der Waals surface area contributed by atoms with Gasteiger partial charge in [0.2, 0.25) is 0 Å². The lowest BCUT2D eigenvalue weighted by molar-refractivity contribution is -0.137. The average Bonchev–Trinajstić information content (AvgIpc) is 3.08. The van der Waals surface area contributed by atoms with Crippen LogP contribution in [0.15, 0.2) is 23.1 Å². The Kier molecular flexibility index (Phi) is 5.38. The Balaban J connectivity index is 1.85. The standard InChI is InChI=1S/C21H24F3N5O/c1-3-16(15-10-9-14(11-25-15)21(22,23)24)29-19-17(20(30)27-12(2)26-19)18(28-29)13-7-5-4-6-8-13/h9-11,13,16H,3-8H2,1-2H3,(H,26,27,30). The van der Waals surface area contributed by atoms with Crippen LogP contribution in [0, 0.1) is 6.92 Å². The molecule has 9 heteroatoms. The summed E-state index contributed by atoms with van der Waals surface area (Å²) >= 11 is 0. The molecule has 0 aromatic carbocycles. The number of fused-ring (bicyclic) bond motifs is 1. The molecule has 0 saturated heterocycles. The van der Waals surface area contributed by atoms with Crippen LogP contribution in [0.5, 0.6) is 0 Å². The number of rotatable bonds is 4. The lowest BCUT2D eigenvalue weighted by atomic mass is 9.86. The first-order valence-corrected chi connectivity index (χ1v) is 10.3. The lowest BCUT2D eigenvalue weighted by Gasteiger charge is -2.20. The predicted molar refractivity (Wildman–Crippen MR) is 106 cm³/mol. The van der Waals surface area contributed by atoms with Crippen molar-refractivity contribution in [1.29, 1.82) is 0 Å². The zero-order valence-electron chi connectivity index (χ0n) is 17.0. The zero-order valence-corrected chi connectivity index (χ0v) is 17.0. The second kappa shape index (κ2) is 7.85. The minimum Gasteiger partial charge on any atom is -0.310 e. The number of nitrogens with one attached hydrogen (secondary N) is 1. The van der Waals surface area contributed by atoms with Crippen molar-refractivity contribution < 1.29 is 13.2 Å². The van der Waals surface area contributed by atoms with Crippen molar-refractivity contribution in [3.63, 3.8) is 0 Å². The molecule has 0 aliphatic heterocycles. The van der Waals surface area contributed by atoms with E-state index in [0.717, 1.165) is 43.6 Å². The van der Waals surface area contributed by atoms with E-state index in [1.807, 2.05) is 6.92 Å². The van der Waals surface area contributed by atoms with E-state index in [0.29, 0.717) is 29.0 Å². The number of nitrogens with zero attached hydrogens (tertiary/aromatic N) is 4. The summed E-state index contributed by atoms with van der Waals surface area (Å²) < 4.78 is 40.5. The van der Waals surface area contributed by atoms with Gasteiger partial charge in [-0.1, -0.05) is 26.2 Å². The second-order valence-corrected chi connectivity index (χ2v) is 7.91. The Labute approximate surface area is 171 Å². The lowest BCUT2D eigenvalue weighted by Crippen LogP contribution is -2.16. The molecular weight excluding hydrogens is 395 g/mol. The summed E-state index contributed by atoms with van der Waals surface area (Å²) in [7, 11) is 0. The maximum Gasteiger partial charge on any atom is 0.417 e. The van der Waals surface area contributed by atoms with E-state index in [-0.39, 0.29) is 11.5 Å². The molecule has 3 aromatic rings. The molecule has 0 amide bonds. The number of alkyl halides is 3. The summed E-state index contributed by atoms with van der Waals surface area (Å²) in [6.45, 7) is 3.62. The monoisotopic (exact) mass is 419 g/mol. The molecule has 3 aromatic heterocycles. The maximum absolute atomic E-state index is 12.9. The number of hydrogen-bond donors (Lipinski definition) is 1. The molecule has 0 bridgehead atoms. The summed E-state index contributed by atoms with van der Waals surface area (Å²) in [6.07, 6.45) is 2.25. The van der Waals surface area contributed by atoms with Gasteiger partial charge in [-0.2, -0.15) is 18.3 Å². The molecule has 1 aliphatic carbocycles. The van der Waals surface area contributed by atoms with Gasteiger partial charge in [-0.25, -0.2) is 9.67 Å². The molecule has 1 N–H and O–H groups in total. The van der Waals surface area contributed by atoms with Crippen molar-refractivity contribution in [3.05, 3.63) is 51.5 Å². The number of hydrogen-bond acceptors (Lipinski definition) is 4. The summed E-state index contributed by atoms with van der Waals surface area (Å²) in [4.78, 5) is 24.2. The largest absolute Gasteiger partial charge is 0.417 e. The van der Waals surface area contributed by atoms with E-state index >= 15 is 0 Å². The number of halogens is 3. The fourth-order valence-electron chi connectivity index (χ4n) is 4.34. The van der Waals surface area contributed by atoms with Crippen LogP contribution in [0.1, 0.15) is 80.2 Å². The molecule has 6 nitrogen and oxygen atoms in total. The van der Waals surface area contributed by atoms with Gasteiger partial charge >= 0.3 is 6.18 Å². The van der Waals surface area contributed by atoms with Crippen LogP contribution in [-0.4, -0.2) is 24.7 Å². The Hall–Kier alpha value is -2.71. The van der Waals surface area contributed by atoms with Crippen LogP contribution in [0.2, 0.25) is 0 Å². The van der Waals surface area contributed by atoms with E-state index < -0.39 is 17.8 Å². The minimum absolute atomic E-state index is 0.186. The van der Waals surface area contributed by atoms with Gasteiger partial charge in [0.15, 0.2) is 5.65 Å². The first-order chi connectivity index (χ1) is 14.3. The topological polar surface area (TPSA) is 76.5 Å². The number of H-pyrrole nitrogens is 1. The van der Waals surface area contributed by atoms with Gasteiger partial charge in [0.1, 0.15) is 11.2 Å². The zero-order chi connectivity index (χ0) is 21.5. The SMILES string of the molecule is CCC(c1ccc(C(F)(F)F)cn1)n1nc(C2CCCCC2)c2c(=O)[nH]c(C)nc21. The van der Waals surface area contributed by atoms with Crippen molar-refractivity contribution in [2.45, 2.75) is 70.5 Å². The van der Waals surface area contributed by atoms with Gasteiger partial charge in [0.25, 0.3) is 5.56 Å². The van der Waals surface area contributed by atoms with Gasteiger partial charge < -0.3 is 4.98 Å². The maximum atomic E-state index is 12.9. The third-order valence-electron chi connectivity index (χ3n) is 5.84. The highest BCUT2D eigenvalue weighted by molar-refractivity contribution is 5.78. The Morgan fingerprint density at radius 1 is 1.23 bits per heavy atom. The van der Waals surface area contributed by atoms with Crippen LogP contribution in [0.25, 0.3) is 11.0 Å². The van der Waals surface area contributed by atoms with E-state index in [2.05, 4.69) is 15.0 Å². The molecule has 4 rings (SSSR count). The van der Waals surface area contributed by atoms with Gasteiger partial charge in [0.05, 0.1) is 23.0 Å². The van der Waals surface area contributed by atoms with Crippen LogP contribution in [0.4, 0.5) is 13.2 Å². The molecule has 0 spiro atoms. The Morgan fingerprint density at radius 3 is 2.57 bits per heavy atom. The van der Waals surface area contributed by atoms with Gasteiger partial charge in [-0.15, -0.1) is 0 Å². The Bertz CT molecular complexity index is 1090. The normalized spacial score (nSPS) is 16.8. The van der Waals surface area contributed by atoms with Crippen LogP contribution >= 0.6 is 0 Å². The van der Waals surface area contributed by atoms with E-state index in [9.17, 15) is 18.0 Å². The first-order valence-electron chi connectivity index (χ1n) is 10.3. The molecule has 0 radical (unpaired) electrons. The van der Waals surface area contributed by atoms with E-state index in [4.69, 9.17) is 5.10 Å². The number of aromatic nitrogens is 5. The highest BCUT2D eigenvalue weighted by atomic mass is 19.4. The highest BCUT2D eigenvalue weighted by Crippen LogP contribution is 2.36. The molecule has 1 saturated carbocycles. The van der Waals surface area contributed by atoms with Crippen LogP contribution in [-0.2, 0) is 6.18 Å². The van der Waals surface area contributed by atoms with E-state index in [1.54, 1.807) is 11.6 Å². The molecular formula is C21H24F3N5O. The molecule has 30 heavy (non-hydrogen) atoms. The summed E-state index contributed by atoms with van der Waals surface area (Å²) in [5.74, 6) is 0.658. The van der Waals surface area contributed by atoms with Gasteiger partial charge in [-0.05, 0) is 38.3 Å². The average molecular weight is 419 g/mol. The smallest absolute Gasteiger partial charge is 0.310 e. The molecule has 1 unspecified atom stereocenters. The molecule has 3 heterocycles. The second-order valence-electron chi connectivity index (χ2n) is 7.91. The number of aromatic amines is 1. The van der Waals surface area contributed by atoms with E-state index in [1.165, 1.54) is 12.5 Å². The van der Waals surface area contributed by atoms with Crippen molar-refractivity contribution >= 4 is 11.0 Å². The predicted octanol–water partition coefficient (Wildman–Crippen LogP) is 4.89. The molecule has 1 aliphatic rings. The highest BCUT2D eigenvalue weighted by Gasteiger charge is 2.32. The third-order valence-corrected chi connectivity index (χ3v) is 5.84. The van der Waals surface area contributed by atoms with Crippen LogP contribution < -0.4 is 5.56 Å². The van der Waals surface area contributed by atoms with Crippen LogP contribution in [0.3, 0.4) is 0 Å². The van der Waals surface area contributed by atoms with Gasteiger partial charge in [-0.3, -0.25) is 9.78 Å². The van der Waals surface area contributed by atoms with Gasteiger partial charge in [0, 0.05) is 12.1 Å². The first kappa shape index (κ1) is 20.6. The summed E-state index contributed by atoms with van der Waals surface area (Å²) in [6, 6.07) is 2.00. The summed E-state index contributed by atoms with van der Waals surface area (Å²) in [5.41, 5.74) is 0.651. The quantitative estimate of drug-likeness (QED) is 0.653. The molecule has 1 fully saturated rings. The fraction of sp³-hybridized carbons (Fsp3) is 0.524. The number of pyridine rings is 1. The Morgan fingerprint density at radius 2 is 1.97 bits per heavy atom. The van der Waals surface area contributed by atoms with Crippen molar-refractivity contribution in [1.82, 2.24) is 24.7 Å². The minimum atomic E-state index is -4.44. The molecule has 160 valence electrons. The number of aryl methyl sites for hydroxylation is 1. The van der Waals surface area contributed by atoms with Crippen molar-refractivity contribution in [2.75, 3.05) is 0 Å². The third kappa shape index (κ3) is 3.73.